The van der Waals surface area contributed by atoms with Crippen LogP contribution < -0.4 is 4.90 Å². The van der Waals surface area contributed by atoms with Crippen LogP contribution in [-0.2, 0) is 16.6 Å². The lowest BCUT2D eigenvalue weighted by Crippen LogP contribution is -2.35. The van der Waals surface area contributed by atoms with Crippen molar-refractivity contribution in [2.75, 3.05) is 18.0 Å². The maximum atomic E-state index is 13.6. The summed E-state index contributed by atoms with van der Waals surface area (Å²) in [6.45, 7) is 1.46. The fourth-order valence-electron chi connectivity index (χ4n) is 4.15. The summed E-state index contributed by atoms with van der Waals surface area (Å²) in [4.78, 5) is 20.2. The zero-order valence-electron chi connectivity index (χ0n) is 18.6. The highest BCUT2D eigenvalue weighted by Crippen LogP contribution is 2.31. The summed E-state index contributed by atoms with van der Waals surface area (Å²) in [6.07, 6.45) is 2.82. The van der Waals surface area contributed by atoms with Crippen molar-refractivity contribution in [2.24, 2.45) is 0 Å². The van der Waals surface area contributed by atoms with Crippen LogP contribution in [0.25, 0.3) is 10.2 Å². The lowest BCUT2D eigenvalue weighted by atomic mass is 10.1. The van der Waals surface area contributed by atoms with Crippen molar-refractivity contribution in [1.29, 1.82) is 0 Å². The number of anilines is 1. The first-order valence-electron chi connectivity index (χ1n) is 11.3. The molecule has 0 radical (unpaired) electrons. The molecule has 2 heterocycles. The number of para-hydroxylation sites is 1. The Balaban J connectivity index is 1.46. The smallest absolute Gasteiger partial charge is 0.260 e. The summed E-state index contributed by atoms with van der Waals surface area (Å²) in [5.41, 5.74) is 2.25. The zero-order valence-corrected chi connectivity index (χ0v) is 20.3. The van der Waals surface area contributed by atoms with Crippen LogP contribution in [0.15, 0.2) is 83.8 Å². The number of hydrogen-bond acceptors (Lipinski definition) is 5. The van der Waals surface area contributed by atoms with E-state index in [4.69, 9.17) is 4.98 Å². The predicted molar refractivity (Wildman–Crippen MR) is 136 cm³/mol. The van der Waals surface area contributed by atoms with Gasteiger partial charge in [0.2, 0.25) is 10.0 Å². The highest BCUT2D eigenvalue weighted by molar-refractivity contribution is 7.89. The van der Waals surface area contributed by atoms with Gasteiger partial charge in [-0.15, -0.1) is 0 Å². The van der Waals surface area contributed by atoms with E-state index >= 15 is 0 Å². The zero-order chi connectivity index (χ0) is 23.5. The molecule has 0 bridgehead atoms. The lowest BCUT2D eigenvalue weighted by molar-refractivity contribution is 0.0985. The van der Waals surface area contributed by atoms with Gasteiger partial charge in [-0.05, 0) is 54.8 Å². The van der Waals surface area contributed by atoms with Crippen LogP contribution in [0.5, 0.6) is 0 Å². The largest absolute Gasteiger partial charge is 0.279 e. The molecule has 4 aromatic rings. The van der Waals surface area contributed by atoms with Crippen molar-refractivity contribution in [3.8, 4) is 0 Å². The van der Waals surface area contributed by atoms with E-state index in [0.29, 0.717) is 30.3 Å². The Bertz CT molecular complexity index is 1360. The van der Waals surface area contributed by atoms with Crippen molar-refractivity contribution < 1.29 is 13.2 Å². The minimum Gasteiger partial charge on any atom is -0.279 e. The van der Waals surface area contributed by atoms with Gasteiger partial charge in [-0.2, -0.15) is 4.31 Å². The third kappa shape index (κ3) is 4.61. The first kappa shape index (κ1) is 22.7. The van der Waals surface area contributed by atoms with Gasteiger partial charge >= 0.3 is 0 Å². The molecule has 3 aromatic carbocycles. The molecule has 1 aliphatic heterocycles. The number of thiazole rings is 1. The van der Waals surface area contributed by atoms with Crippen molar-refractivity contribution >= 4 is 42.6 Å². The third-order valence-corrected chi connectivity index (χ3v) is 8.97. The molecular formula is C26H25N3O3S2. The maximum absolute atomic E-state index is 13.6. The SMILES string of the molecule is O=C(c1ccc(S(=O)(=O)N2CCCCC2)cc1)N(Cc1ccccc1)c1nc2ccccc2s1. The van der Waals surface area contributed by atoms with E-state index < -0.39 is 10.0 Å². The molecule has 1 saturated heterocycles. The first-order valence-corrected chi connectivity index (χ1v) is 13.6. The monoisotopic (exact) mass is 491 g/mol. The van der Waals surface area contributed by atoms with Crippen molar-refractivity contribution in [2.45, 2.75) is 30.7 Å². The molecule has 6 nitrogen and oxygen atoms in total. The van der Waals surface area contributed by atoms with Gasteiger partial charge in [-0.3, -0.25) is 9.69 Å². The molecule has 0 saturated carbocycles. The van der Waals surface area contributed by atoms with Crippen LogP contribution in [-0.4, -0.2) is 36.7 Å². The fraction of sp³-hybridized carbons (Fsp3) is 0.231. The molecule has 0 unspecified atom stereocenters. The molecule has 0 atom stereocenters. The van der Waals surface area contributed by atoms with Crippen molar-refractivity contribution in [1.82, 2.24) is 9.29 Å². The Kier molecular flexibility index (Phi) is 6.45. The van der Waals surface area contributed by atoms with Gasteiger partial charge in [0.1, 0.15) is 0 Å². The molecule has 1 aliphatic rings. The minimum atomic E-state index is -3.54. The van der Waals surface area contributed by atoms with Crippen LogP contribution in [0.2, 0.25) is 0 Å². The Morgan fingerprint density at radius 3 is 2.26 bits per heavy atom. The summed E-state index contributed by atoms with van der Waals surface area (Å²) < 4.78 is 28.5. The van der Waals surface area contributed by atoms with Gasteiger partial charge in [0.25, 0.3) is 5.91 Å². The highest BCUT2D eigenvalue weighted by atomic mass is 32.2. The number of rotatable bonds is 6. The first-order chi connectivity index (χ1) is 16.5. The average Bonchev–Trinajstić information content (AvgIpc) is 3.32. The Labute approximate surface area is 203 Å². The van der Waals surface area contributed by atoms with E-state index in [-0.39, 0.29) is 10.8 Å². The molecular weight excluding hydrogens is 466 g/mol. The van der Waals surface area contributed by atoms with E-state index in [0.717, 1.165) is 35.0 Å². The number of nitrogens with zero attached hydrogens (tertiary/aromatic N) is 3. The molecule has 0 N–H and O–H groups in total. The van der Waals surface area contributed by atoms with E-state index in [1.807, 2.05) is 54.6 Å². The summed E-state index contributed by atoms with van der Waals surface area (Å²) in [7, 11) is -3.54. The minimum absolute atomic E-state index is 0.218. The standard InChI is InChI=1S/C26H25N3O3S2/c30-25(21-13-15-22(16-14-21)34(31,32)28-17-7-2-8-18-28)29(19-20-9-3-1-4-10-20)26-27-23-11-5-6-12-24(23)33-26/h1,3-6,9-16H,2,7-8,17-19H2. The Hall–Kier alpha value is -3.07. The summed E-state index contributed by atoms with van der Waals surface area (Å²) >= 11 is 1.47. The Morgan fingerprint density at radius 2 is 1.56 bits per heavy atom. The fourth-order valence-corrected chi connectivity index (χ4v) is 6.63. The summed E-state index contributed by atoms with van der Waals surface area (Å²) in [5.74, 6) is -0.218. The number of benzene rings is 3. The number of carbonyl (C=O) groups excluding carboxylic acids is 1. The van der Waals surface area contributed by atoms with Gasteiger partial charge < -0.3 is 0 Å². The second kappa shape index (κ2) is 9.66. The van der Waals surface area contributed by atoms with Crippen LogP contribution in [0.3, 0.4) is 0 Å². The number of carbonyl (C=O) groups is 1. The highest BCUT2D eigenvalue weighted by Gasteiger charge is 2.27. The third-order valence-electron chi connectivity index (χ3n) is 6.00. The van der Waals surface area contributed by atoms with Crippen LogP contribution in [0.1, 0.15) is 35.2 Å². The number of sulfonamides is 1. The van der Waals surface area contributed by atoms with E-state index in [1.165, 1.54) is 27.8 Å². The molecule has 5 rings (SSSR count). The normalized spacial score (nSPS) is 14.8. The van der Waals surface area contributed by atoms with Gasteiger partial charge in [-0.1, -0.05) is 60.2 Å². The molecule has 174 valence electrons. The van der Waals surface area contributed by atoms with E-state index in [9.17, 15) is 13.2 Å². The number of piperidine rings is 1. The van der Waals surface area contributed by atoms with Crippen molar-refractivity contribution in [3.05, 3.63) is 90.0 Å². The molecule has 0 aliphatic carbocycles. The predicted octanol–water partition coefficient (Wildman–Crippen LogP) is 5.32. The topological polar surface area (TPSA) is 70.6 Å². The van der Waals surface area contributed by atoms with Gasteiger partial charge in [0.05, 0.1) is 21.7 Å². The second-order valence-corrected chi connectivity index (χ2v) is 11.3. The van der Waals surface area contributed by atoms with Crippen LogP contribution in [0, 0.1) is 0 Å². The lowest BCUT2D eigenvalue weighted by Gasteiger charge is -2.26. The summed E-state index contributed by atoms with van der Waals surface area (Å²) in [6, 6.07) is 23.8. The molecule has 1 amide bonds. The number of hydrogen-bond donors (Lipinski definition) is 0. The van der Waals surface area contributed by atoms with Gasteiger partial charge in [0.15, 0.2) is 5.13 Å². The van der Waals surface area contributed by atoms with E-state index in [2.05, 4.69) is 0 Å². The molecule has 0 spiro atoms. The molecule has 34 heavy (non-hydrogen) atoms. The van der Waals surface area contributed by atoms with Crippen LogP contribution >= 0.6 is 11.3 Å². The van der Waals surface area contributed by atoms with Gasteiger partial charge in [-0.25, -0.2) is 13.4 Å². The number of aromatic nitrogens is 1. The average molecular weight is 492 g/mol. The quantitative estimate of drug-likeness (QED) is 0.366. The van der Waals surface area contributed by atoms with Crippen molar-refractivity contribution in [3.63, 3.8) is 0 Å². The Morgan fingerprint density at radius 1 is 0.882 bits per heavy atom. The molecule has 1 fully saturated rings. The molecule has 8 heteroatoms. The number of fused-ring (bicyclic) bond motifs is 1. The van der Waals surface area contributed by atoms with Gasteiger partial charge in [0, 0.05) is 18.7 Å². The van der Waals surface area contributed by atoms with Crippen LogP contribution in [0.4, 0.5) is 5.13 Å². The number of amides is 1. The van der Waals surface area contributed by atoms with E-state index in [1.54, 1.807) is 17.0 Å². The summed E-state index contributed by atoms with van der Waals surface area (Å²) in [5, 5.41) is 0.611. The molecule has 1 aromatic heterocycles. The maximum Gasteiger partial charge on any atom is 0.260 e. The second-order valence-electron chi connectivity index (χ2n) is 8.33.